The van der Waals surface area contributed by atoms with E-state index in [4.69, 9.17) is 5.73 Å². The van der Waals surface area contributed by atoms with Crippen LogP contribution in [0.3, 0.4) is 0 Å². The molecule has 0 spiro atoms. The lowest BCUT2D eigenvalue weighted by atomic mass is 9.92. The number of carbonyl (C=O) groups is 1. The van der Waals surface area contributed by atoms with Gasteiger partial charge in [0.2, 0.25) is 0 Å². The molecule has 4 aromatic rings. The van der Waals surface area contributed by atoms with Gasteiger partial charge in [-0.15, -0.1) is 5.10 Å². The predicted molar refractivity (Wildman–Crippen MR) is 129 cm³/mol. The molecule has 0 bridgehead atoms. The van der Waals surface area contributed by atoms with Gasteiger partial charge in [0, 0.05) is 30.5 Å². The van der Waals surface area contributed by atoms with Crippen LogP contribution in [0, 0.1) is 6.92 Å². The van der Waals surface area contributed by atoms with Crippen molar-refractivity contribution in [3.05, 3.63) is 60.4 Å². The van der Waals surface area contributed by atoms with E-state index in [2.05, 4.69) is 41.0 Å². The predicted octanol–water partition coefficient (Wildman–Crippen LogP) is 2.90. The third-order valence-corrected chi connectivity index (χ3v) is 5.82. The largest absolute Gasteiger partial charge is 0.366 e. The second kappa shape index (κ2) is 9.40. The fourth-order valence-corrected chi connectivity index (χ4v) is 3.98. The summed E-state index contributed by atoms with van der Waals surface area (Å²) >= 11 is 0. The minimum absolute atomic E-state index is 0.254. The number of fused-ring (bicyclic) bond motifs is 1. The fourth-order valence-electron chi connectivity index (χ4n) is 3.98. The van der Waals surface area contributed by atoms with Gasteiger partial charge >= 0.3 is 0 Å². The van der Waals surface area contributed by atoms with E-state index in [1.807, 2.05) is 25.1 Å². The van der Waals surface area contributed by atoms with Crippen molar-refractivity contribution in [3.8, 4) is 0 Å². The molecule has 1 saturated carbocycles. The number of nitrogens with one attached hydrogen (secondary N) is 3. The van der Waals surface area contributed by atoms with E-state index >= 15 is 0 Å². The number of pyridine rings is 1. The van der Waals surface area contributed by atoms with Crippen molar-refractivity contribution in [2.45, 2.75) is 44.7 Å². The van der Waals surface area contributed by atoms with Crippen molar-refractivity contribution in [1.82, 2.24) is 29.5 Å². The number of imidazole rings is 1. The van der Waals surface area contributed by atoms with Gasteiger partial charge in [-0.2, -0.15) is 0 Å². The van der Waals surface area contributed by atoms with E-state index < -0.39 is 0 Å². The Morgan fingerprint density at radius 1 is 1.03 bits per heavy atom. The molecule has 0 saturated heterocycles. The Balaban J connectivity index is 1.49. The first kappa shape index (κ1) is 21.7. The summed E-state index contributed by atoms with van der Waals surface area (Å²) in [5, 5.41) is 14.3. The molecule has 4 heterocycles. The average molecular weight is 459 g/mol. The first-order valence-corrected chi connectivity index (χ1v) is 11.2. The molecule has 0 unspecified atom stereocenters. The Kier molecular flexibility index (Phi) is 6.00. The lowest BCUT2D eigenvalue weighted by molar-refractivity contribution is 0.102. The molecule has 5 rings (SSSR count). The number of nitrogens with zero attached hydrogens (tertiary/aromatic N) is 6. The third-order valence-electron chi connectivity index (χ3n) is 5.82. The van der Waals surface area contributed by atoms with Gasteiger partial charge in [-0.25, -0.2) is 24.5 Å². The summed E-state index contributed by atoms with van der Waals surface area (Å²) in [6.07, 6.45) is 10.1. The maximum Gasteiger partial charge on any atom is 0.277 e. The zero-order chi connectivity index (χ0) is 23.5. The van der Waals surface area contributed by atoms with E-state index in [9.17, 15) is 4.79 Å². The monoisotopic (exact) mass is 458 g/mol. The normalized spacial score (nSPS) is 17.9. The van der Waals surface area contributed by atoms with Crippen LogP contribution in [0.5, 0.6) is 0 Å². The van der Waals surface area contributed by atoms with Crippen LogP contribution in [0.2, 0.25) is 0 Å². The summed E-state index contributed by atoms with van der Waals surface area (Å²) in [6.45, 7) is 1.98. The number of aryl methyl sites for hydroxylation is 1. The van der Waals surface area contributed by atoms with Gasteiger partial charge in [0.25, 0.3) is 5.91 Å². The molecule has 1 amide bonds. The molecule has 1 aliphatic rings. The van der Waals surface area contributed by atoms with Crippen molar-refractivity contribution >= 4 is 34.7 Å². The van der Waals surface area contributed by atoms with E-state index in [0.29, 0.717) is 28.8 Å². The van der Waals surface area contributed by atoms with E-state index in [1.165, 1.54) is 17.0 Å². The molecule has 5 N–H and O–H groups in total. The smallest absolute Gasteiger partial charge is 0.277 e. The third kappa shape index (κ3) is 4.79. The highest BCUT2D eigenvalue weighted by Crippen LogP contribution is 2.26. The molecular weight excluding hydrogens is 432 g/mol. The Hall–Kier alpha value is -4.12. The maximum atomic E-state index is 13.0. The van der Waals surface area contributed by atoms with Gasteiger partial charge in [-0.3, -0.25) is 4.79 Å². The van der Waals surface area contributed by atoms with Gasteiger partial charge in [0.15, 0.2) is 11.3 Å². The highest BCUT2D eigenvalue weighted by Gasteiger charge is 2.21. The molecule has 0 atom stereocenters. The minimum Gasteiger partial charge on any atom is -0.366 e. The Morgan fingerprint density at radius 2 is 1.88 bits per heavy atom. The van der Waals surface area contributed by atoms with E-state index in [-0.39, 0.29) is 23.7 Å². The molecule has 4 aromatic heterocycles. The SMILES string of the molecule is Cc1ccc(Nc2cc(N[C@H]3CC[C@H](N)CC3)nn3c(C(=O)Nc4ccncn4)cnc23)nc1. The standard InChI is InChI=1S/C23H26N10O/c1-14-2-7-19(26-11-14)30-17-10-21(29-16-5-3-15(24)4-6-16)32-33-18(12-27-22(17)33)23(34)31-20-8-9-25-13-28-20/h2,7-13,15-16H,3-6,24H2,1H3,(H,26,30)(H,29,32)(H,25,28,31,34)/t15-,16-. The number of nitrogens with two attached hydrogens (primary N) is 1. The maximum absolute atomic E-state index is 13.0. The molecule has 0 aliphatic heterocycles. The first-order chi connectivity index (χ1) is 16.5. The molecule has 174 valence electrons. The second-order valence-electron chi connectivity index (χ2n) is 8.47. The molecule has 1 aliphatic carbocycles. The number of anilines is 4. The molecule has 0 radical (unpaired) electrons. The van der Waals surface area contributed by atoms with Crippen LogP contribution in [0.1, 0.15) is 41.7 Å². The zero-order valence-electron chi connectivity index (χ0n) is 18.8. The Morgan fingerprint density at radius 3 is 2.62 bits per heavy atom. The van der Waals surface area contributed by atoms with Crippen molar-refractivity contribution < 1.29 is 4.79 Å². The number of aromatic nitrogens is 6. The van der Waals surface area contributed by atoms with E-state index in [0.717, 1.165) is 31.2 Å². The van der Waals surface area contributed by atoms with Crippen LogP contribution in [-0.4, -0.2) is 47.5 Å². The number of amides is 1. The summed E-state index contributed by atoms with van der Waals surface area (Å²) in [4.78, 5) is 29.8. The van der Waals surface area contributed by atoms with Crippen molar-refractivity contribution in [3.63, 3.8) is 0 Å². The molecule has 11 heteroatoms. The van der Waals surface area contributed by atoms with Gasteiger partial charge in [-0.05, 0) is 50.3 Å². The second-order valence-corrected chi connectivity index (χ2v) is 8.47. The molecule has 1 fully saturated rings. The number of rotatable bonds is 6. The lowest BCUT2D eigenvalue weighted by Crippen LogP contribution is -2.33. The van der Waals surface area contributed by atoms with Gasteiger partial charge in [0.05, 0.1) is 11.9 Å². The molecule has 34 heavy (non-hydrogen) atoms. The Labute approximate surface area is 196 Å². The van der Waals surface area contributed by atoms with Gasteiger partial charge in [0.1, 0.15) is 23.8 Å². The summed E-state index contributed by atoms with van der Waals surface area (Å²) in [6, 6.07) is 7.90. The average Bonchev–Trinajstić information content (AvgIpc) is 3.27. The fraction of sp³-hybridized carbons (Fsp3) is 0.304. The lowest BCUT2D eigenvalue weighted by Gasteiger charge is -2.27. The van der Waals surface area contributed by atoms with Crippen molar-refractivity contribution in [2.24, 2.45) is 5.73 Å². The highest BCUT2D eigenvalue weighted by atomic mass is 16.2. The topological polar surface area (TPSA) is 148 Å². The summed E-state index contributed by atoms with van der Waals surface area (Å²) in [7, 11) is 0. The molecule has 0 aromatic carbocycles. The summed E-state index contributed by atoms with van der Waals surface area (Å²) in [5.41, 5.74) is 8.59. The zero-order valence-corrected chi connectivity index (χ0v) is 18.8. The minimum atomic E-state index is -0.376. The summed E-state index contributed by atoms with van der Waals surface area (Å²) < 4.78 is 1.53. The highest BCUT2D eigenvalue weighted by molar-refractivity contribution is 6.03. The van der Waals surface area contributed by atoms with Crippen LogP contribution in [0.4, 0.5) is 23.1 Å². The van der Waals surface area contributed by atoms with Crippen LogP contribution in [-0.2, 0) is 0 Å². The van der Waals surface area contributed by atoms with Crippen molar-refractivity contribution in [1.29, 1.82) is 0 Å². The van der Waals surface area contributed by atoms with E-state index in [1.54, 1.807) is 18.5 Å². The summed E-state index contributed by atoms with van der Waals surface area (Å²) in [5.74, 6) is 1.32. The first-order valence-electron chi connectivity index (χ1n) is 11.2. The number of carbonyl (C=O) groups excluding carboxylic acids is 1. The van der Waals surface area contributed by atoms with Crippen LogP contribution in [0.15, 0.2) is 49.2 Å². The van der Waals surface area contributed by atoms with Crippen LogP contribution < -0.4 is 21.7 Å². The number of hydrogen-bond acceptors (Lipinski definition) is 9. The number of hydrogen-bond donors (Lipinski definition) is 4. The quantitative estimate of drug-likeness (QED) is 0.342. The van der Waals surface area contributed by atoms with Crippen LogP contribution in [0.25, 0.3) is 5.65 Å². The Bertz CT molecular complexity index is 1280. The molecular formula is C23H26N10O. The van der Waals surface area contributed by atoms with Gasteiger partial charge < -0.3 is 21.7 Å². The van der Waals surface area contributed by atoms with Gasteiger partial charge in [-0.1, -0.05) is 6.07 Å². The molecule has 11 nitrogen and oxygen atoms in total. The van der Waals surface area contributed by atoms with Crippen LogP contribution >= 0.6 is 0 Å². The van der Waals surface area contributed by atoms with Crippen molar-refractivity contribution in [2.75, 3.05) is 16.0 Å².